The summed E-state index contributed by atoms with van der Waals surface area (Å²) in [5, 5.41) is 5.03. The van der Waals surface area contributed by atoms with Gasteiger partial charge in [-0.1, -0.05) is 33.4 Å². The maximum Gasteiger partial charge on any atom is 0.142 e. The fourth-order valence-corrected chi connectivity index (χ4v) is 1.01. The van der Waals surface area contributed by atoms with Crippen LogP contribution < -0.4 is 11.7 Å². The van der Waals surface area contributed by atoms with E-state index in [-0.39, 0.29) is 0 Å². The molecule has 0 aliphatic rings. The summed E-state index contributed by atoms with van der Waals surface area (Å²) in [5.74, 6) is 12.0. The molecule has 0 aliphatic heterocycles. The van der Waals surface area contributed by atoms with Crippen molar-refractivity contribution >= 4 is 5.84 Å². The Kier molecular flexibility index (Phi) is 5.64. The number of hydrogen-bond acceptors (Lipinski definition) is 3. The van der Waals surface area contributed by atoms with Crippen LogP contribution in [0.3, 0.4) is 0 Å². The van der Waals surface area contributed by atoms with E-state index in [2.05, 4.69) is 25.5 Å². The molecule has 80 valence electrons. The van der Waals surface area contributed by atoms with E-state index >= 15 is 0 Å². The van der Waals surface area contributed by atoms with Crippen LogP contribution >= 0.6 is 0 Å². The van der Waals surface area contributed by atoms with Crippen LogP contribution in [-0.4, -0.2) is 10.8 Å². The van der Waals surface area contributed by atoms with E-state index in [0.29, 0.717) is 18.2 Å². The lowest BCUT2D eigenvalue weighted by Crippen LogP contribution is -2.33. The molecule has 4 N–H and O–H groups in total. The first kappa shape index (κ1) is 12.7. The molecule has 0 aromatic rings. The summed E-state index contributed by atoms with van der Waals surface area (Å²) in [7, 11) is 0. The summed E-state index contributed by atoms with van der Waals surface area (Å²) < 4.78 is 0. The number of amidine groups is 1. The highest BCUT2D eigenvalue weighted by Crippen LogP contribution is 2.10. The van der Waals surface area contributed by atoms with Crippen molar-refractivity contribution in [2.75, 3.05) is 0 Å². The highest BCUT2D eigenvalue weighted by atomic mass is 15.4. The average Bonchev–Trinajstić information content (AvgIpc) is 2.15. The lowest BCUT2D eigenvalue weighted by Gasteiger charge is -2.17. The van der Waals surface area contributed by atoms with Crippen molar-refractivity contribution in [2.45, 2.75) is 27.2 Å². The molecule has 0 saturated carbocycles. The summed E-state index contributed by atoms with van der Waals surface area (Å²) in [6.45, 7) is 9.82. The van der Waals surface area contributed by atoms with E-state index in [4.69, 9.17) is 11.7 Å². The third kappa shape index (κ3) is 3.62. The third-order valence-electron chi connectivity index (χ3n) is 1.95. The molecule has 0 radical (unpaired) electrons. The maximum atomic E-state index is 5.75. The van der Waals surface area contributed by atoms with Gasteiger partial charge in [-0.3, -0.25) is 5.01 Å². The average molecular weight is 196 g/mol. The van der Waals surface area contributed by atoms with Gasteiger partial charge in [0.15, 0.2) is 0 Å². The monoisotopic (exact) mass is 196 g/mol. The van der Waals surface area contributed by atoms with E-state index < -0.39 is 0 Å². The molecule has 4 heteroatoms. The van der Waals surface area contributed by atoms with Crippen molar-refractivity contribution in [2.24, 2.45) is 22.7 Å². The van der Waals surface area contributed by atoms with Crippen molar-refractivity contribution < 1.29 is 0 Å². The highest BCUT2D eigenvalue weighted by molar-refractivity contribution is 5.82. The number of hydrogen-bond donors (Lipinski definition) is 2. The number of nitrogens with zero attached hydrogens (tertiary/aromatic N) is 2. The Morgan fingerprint density at radius 2 is 2.14 bits per heavy atom. The fourth-order valence-electron chi connectivity index (χ4n) is 1.01. The molecule has 0 aromatic carbocycles. The minimum Gasteiger partial charge on any atom is -0.322 e. The smallest absolute Gasteiger partial charge is 0.142 e. The number of hydrazine groups is 1. The molecule has 0 saturated heterocycles. The Labute approximate surface area is 85.9 Å². The van der Waals surface area contributed by atoms with Crippen molar-refractivity contribution in [3.63, 3.8) is 0 Å². The Morgan fingerprint density at radius 3 is 2.43 bits per heavy atom. The van der Waals surface area contributed by atoms with Crippen molar-refractivity contribution in [1.82, 2.24) is 5.01 Å². The number of nitrogens with two attached hydrogens (primary N) is 2. The Hall–Kier alpha value is -1.29. The van der Waals surface area contributed by atoms with Gasteiger partial charge in [-0.25, -0.2) is 5.84 Å². The van der Waals surface area contributed by atoms with Gasteiger partial charge in [-0.2, -0.15) is 5.10 Å². The van der Waals surface area contributed by atoms with Gasteiger partial charge in [-0.05, 0) is 11.5 Å². The maximum absolute atomic E-state index is 5.75. The molecule has 0 spiro atoms. The van der Waals surface area contributed by atoms with Crippen molar-refractivity contribution in [3.05, 3.63) is 24.4 Å². The third-order valence-corrected chi connectivity index (χ3v) is 1.95. The summed E-state index contributed by atoms with van der Waals surface area (Å²) in [6.07, 6.45) is 4.28. The standard InChI is InChI=1S/C10H20N4/c1-5-9(8(3)4)7-14(12)10(6-2)13-11/h5,7-8H,1,6,11-12H2,2-4H3/b9-7+,13-10-. The van der Waals surface area contributed by atoms with Gasteiger partial charge in [-0.15, -0.1) is 0 Å². The molecule has 14 heavy (non-hydrogen) atoms. The zero-order chi connectivity index (χ0) is 11.1. The van der Waals surface area contributed by atoms with Gasteiger partial charge in [0.1, 0.15) is 5.84 Å². The zero-order valence-corrected chi connectivity index (χ0v) is 9.20. The Balaban J connectivity index is 4.69. The lowest BCUT2D eigenvalue weighted by molar-refractivity contribution is 0.566. The van der Waals surface area contributed by atoms with Gasteiger partial charge in [0, 0.05) is 12.6 Å². The Morgan fingerprint density at radius 1 is 1.57 bits per heavy atom. The molecule has 0 heterocycles. The highest BCUT2D eigenvalue weighted by Gasteiger charge is 2.04. The van der Waals surface area contributed by atoms with E-state index in [0.717, 1.165) is 5.57 Å². The molecule has 0 aliphatic carbocycles. The summed E-state index contributed by atoms with van der Waals surface area (Å²) >= 11 is 0. The molecule has 0 bridgehead atoms. The molecule has 0 rings (SSSR count). The zero-order valence-electron chi connectivity index (χ0n) is 9.20. The predicted octanol–water partition coefficient (Wildman–Crippen LogP) is 1.57. The molecular formula is C10H20N4. The van der Waals surface area contributed by atoms with Crippen LogP contribution in [0, 0.1) is 5.92 Å². The second-order valence-corrected chi connectivity index (χ2v) is 3.29. The second kappa shape index (κ2) is 6.21. The largest absolute Gasteiger partial charge is 0.322 e. The van der Waals surface area contributed by atoms with E-state index in [1.807, 2.05) is 6.92 Å². The number of rotatable bonds is 4. The summed E-state index contributed by atoms with van der Waals surface area (Å²) in [5.41, 5.74) is 1.06. The number of allylic oxidation sites excluding steroid dienone is 2. The van der Waals surface area contributed by atoms with Crippen LogP contribution in [0.2, 0.25) is 0 Å². The summed E-state index contributed by atoms with van der Waals surface area (Å²) in [6, 6.07) is 0. The molecule has 0 amide bonds. The molecule has 0 fully saturated rings. The molecule has 0 aromatic heterocycles. The minimum absolute atomic E-state index is 0.384. The van der Waals surface area contributed by atoms with E-state index in [1.54, 1.807) is 12.3 Å². The first-order valence-corrected chi connectivity index (χ1v) is 4.71. The van der Waals surface area contributed by atoms with Crippen LogP contribution in [0.1, 0.15) is 27.2 Å². The normalized spacial score (nSPS) is 13.2. The van der Waals surface area contributed by atoms with E-state index in [9.17, 15) is 0 Å². The van der Waals surface area contributed by atoms with Gasteiger partial charge in [0.2, 0.25) is 0 Å². The fraction of sp³-hybridized carbons (Fsp3) is 0.500. The van der Waals surface area contributed by atoms with Crippen LogP contribution in [0.5, 0.6) is 0 Å². The first-order chi connectivity index (χ1) is 6.56. The topological polar surface area (TPSA) is 67.6 Å². The molecular weight excluding hydrogens is 176 g/mol. The molecule has 4 nitrogen and oxygen atoms in total. The van der Waals surface area contributed by atoms with Gasteiger partial charge < -0.3 is 5.84 Å². The predicted molar refractivity (Wildman–Crippen MR) is 61.1 cm³/mol. The second-order valence-electron chi connectivity index (χ2n) is 3.29. The van der Waals surface area contributed by atoms with Gasteiger partial charge in [0.25, 0.3) is 0 Å². The number of hydrazone groups is 1. The quantitative estimate of drug-likeness (QED) is 0.236. The SMILES string of the molecule is C=C/C(=C\N(N)/C(CC)=N\N)C(C)C. The summed E-state index contributed by atoms with van der Waals surface area (Å²) in [4.78, 5) is 0. The van der Waals surface area contributed by atoms with E-state index in [1.165, 1.54) is 5.01 Å². The lowest BCUT2D eigenvalue weighted by atomic mass is 10.1. The molecule has 0 atom stereocenters. The van der Waals surface area contributed by atoms with Crippen molar-refractivity contribution in [3.8, 4) is 0 Å². The van der Waals surface area contributed by atoms with Crippen LogP contribution in [0.4, 0.5) is 0 Å². The van der Waals surface area contributed by atoms with Crippen LogP contribution in [0.25, 0.3) is 0 Å². The minimum atomic E-state index is 0.384. The first-order valence-electron chi connectivity index (χ1n) is 4.71. The van der Waals surface area contributed by atoms with Gasteiger partial charge >= 0.3 is 0 Å². The van der Waals surface area contributed by atoms with Gasteiger partial charge in [0.05, 0.1) is 0 Å². The van der Waals surface area contributed by atoms with Crippen LogP contribution in [0.15, 0.2) is 29.5 Å². The Bertz CT molecular complexity index is 241. The molecule has 0 unspecified atom stereocenters. The van der Waals surface area contributed by atoms with Crippen LogP contribution in [-0.2, 0) is 0 Å². The van der Waals surface area contributed by atoms with Crippen molar-refractivity contribution in [1.29, 1.82) is 0 Å².